The van der Waals surface area contributed by atoms with Crippen LogP contribution in [0.2, 0.25) is 0 Å². The van der Waals surface area contributed by atoms with Gasteiger partial charge in [-0.2, -0.15) is 0 Å². The quantitative estimate of drug-likeness (QED) is 0.198. The second-order valence-electron chi connectivity index (χ2n) is 8.09. The SMILES string of the molecule is Cc1cc(=O)oc2cc(O[C@@H](C)C(=O)Oc3ccc4c(-c5ccccc5)cc(=O)oc4c3)ccc12. The van der Waals surface area contributed by atoms with E-state index in [0.717, 1.165) is 22.1 Å². The Labute approximate surface area is 199 Å². The highest BCUT2D eigenvalue weighted by atomic mass is 16.6. The van der Waals surface area contributed by atoms with E-state index in [1.165, 1.54) is 18.2 Å². The fourth-order valence-corrected chi connectivity index (χ4v) is 3.89. The topological polar surface area (TPSA) is 96.0 Å². The van der Waals surface area contributed by atoms with Gasteiger partial charge in [-0.1, -0.05) is 30.3 Å². The lowest BCUT2D eigenvalue weighted by Crippen LogP contribution is -2.28. The summed E-state index contributed by atoms with van der Waals surface area (Å²) in [7, 11) is 0. The third-order valence-electron chi connectivity index (χ3n) is 5.59. The molecule has 174 valence electrons. The molecule has 0 amide bonds. The van der Waals surface area contributed by atoms with E-state index in [9.17, 15) is 14.4 Å². The van der Waals surface area contributed by atoms with Gasteiger partial charge in [0, 0.05) is 35.0 Å². The lowest BCUT2D eigenvalue weighted by Gasteiger charge is -2.14. The summed E-state index contributed by atoms with van der Waals surface area (Å²) >= 11 is 0. The van der Waals surface area contributed by atoms with Crippen molar-refractivity contribution in [2.24, 2.45) is 0 Å². The Morgan fingerprint density at radius 1 is 0.771 bits per heavy atom. The molecule has 0 saturated carbocycles. The molecule has 0 bridgehead atoms. The number of aryl methyl sites for hydroxylation is 1. The van der Waals surface area contributed by atoms with Crippen LogP contribution in [0.15, 0.2) is 97.3 Å². The van der Waals surface area contributed by atoms with Gasteiger partial charge < -0.3 is 18.3 Å². The summed E-state index contributed by atoms with van der Waals surface area (Å²) < 4.78 is 21.8. The fraction of sp³-hybridized carbons (Fsp3) is 0.107. The molecule has 1 atom stereocenters. The maximum Gasteiger partial charge on any atom is 0.352 e. The van der Waals surface area contributed by atoms with Crippen LogP contribution in [0, 0.1) is 6.92 Å². The zero-order chi connectivity index (χ0) is 24.5. The molecule has 0 N–H and O–H groups in total. The van der Waals surface area contributed by atoms with Crippen LogP contribution in [-0.2, 0) is 4.79 Å². The van der Waals surface area contributed by atoms with Gasteiger partial charge in [0.1, 0.15) is 22.7 Å². The van der Waals surface area contributed by atoms with E-state index in [-0.39, 0.29) is 5.75 Å². The standard InChI is InChI=1S/C28H20O7/c1-16-12-26(29)34-24-13-19(8-10-21(16)24)32-17(2)28(31)33-20-9-11-22-23(18-6-4-3-5-7-18)15-27(30)35-25(22)14-20/h3-15,17H,1-2H3/t17-/m0/s1. The predicted octanol–water partition coefficient (Wildman–Crippen LogP) is 5.25. The number of hydrogen-bond donors (Lipinski definition) is 0. The number of rotatable bonds is 5. The third-order valence-corrected chi connectivity index (χ3v) is 5.59. The summed E-state index contributed by atoms with van der Waals surface area (Å²) in [5.74, 6) is -0.0733. The van der Waals surface area contributed by atoms with Gasteiger partial charge in [-0.3, -0.25) is 0 Å². The Balaban J connectivity index is 1.37. The van der Waals surface area contributed by atoms with Crippen LogP contribution >= 0.6 is 0 Å². The minimum atomic E-state index is -0.956. The molecule has 7 heteroatoms. The van der Waals surface area contributed by atoms with Gasteiger partial charge in [0.15, 0.2) is 6.10 Å². The first-order chi connectivity index (χ1) is 16.9. The maximum atomic E-state index is 12.7. The van der Waals surface area contributed by atoms with Crippen molar-refractivity contribution < 1.29 is 23.1 Å². The molecule has 0 aliphatic rings. The molecule has 0 aliphatic heterocycles. The molecular formula is C28H20O7. The number of carbonyl (C=O) groups excluding carboxylic acids is 1. The van der Waals surface area contributed by atoms with Crippen LogP contribution in [-0.4, -0.2) is 12.1 Å². The number of fused-ring (bicyclic) bond motifs is 2. The zero-order valence-corrected chi connectivity index (χ0v) is 18.9. The van der Waals surface area contributed by atoms with Crippen LogP contribution in [0.3, 0.4) is 0 Å². The van der Waals surface area contributed by atoms with Crippen LogP contribution in [0.5, 0.6) is 11.5 Å². The van der Waals surface area contributed by atoms with E-state index < -0.39 is 23.3 Å². The zero-order valence-electron chi connectivity index (χ0n) is 18.9. The van der Waals surface area contributed by atoms with E-state index in [1.54, 1.807) is 37.3 Å². The largest absolute Gasteiger partial charge is 0.479 e. The maximum absolute atomic E-state index is 12.7. The molecular weight excluding hydrogens is 448 g/mol. The Morgan fingerprint density at radius 3 is 2.17 bits per heavy atom. The summed E-state index contributed by atoms with van der Waals surface area (Å²) in [5.41, 5.74) is 2.09. The van der Waals surface area contributed by atoms with Crippen molar-refractivity contribution >= 4 is 27.9 Å². The van der Waals surface area contributed by atoms with Crippen LogP contribution in [0.25, 0.3) is 33.1 Å². The van der Waals surface area contributed by atoms with E-state index in [1.807, 2.05) is 37.3 Å². The molecule has 0 unspecified atom stereocenters. The number of ether oxygens (including phenoxy) is 2. The molecule has 2 aromatic heterocycles. The third kappa shape index (κ3) is 4.56. The molecule has 2 heterocycles. The van der Waals surface area contributed by atoms with E-state index >= 15 is 0 Å². The molecule has 0 spiro atoms. The predicted molar refractivity (Wildman–Crippen MR) is 131 cm³/mol. The highest BCUT2D eigenvalue weighted by Gasteiger charge is 2.19. The Kier molecular flexibility index (Phi) is 5.66. The van der Waals surface area contributed by atoms with Crippen molar-refractivity contribution in [3.05, 3.63) is 105 Å². The molecule has 0 fully saturated rings. The van der Waals surface area contributed by atoms with Crippen molar-refractivity contribution in [2.45, 2.75) is 20.0 Å². The smallest absolute Gasteiger partial charge is 0.352 e. The molecule has 0 radical (unpaired) electrons. The second-order valence-corrected chi connectivity index (χ2v) is 8.09. The Bertz CT molecular complexity index is 1680. The highest BCUT2D eigenvalue weighted by molar-refractivity contribution is 5.94. The monoisotopic (exact) mass is 468 g/mol. The molecule has 5 rings (SSSR count). The minimum absolute atomic E-state index is 0.214. The van der Waals surface area contributed by atoms with Crippen molar-refractivity contribution in [1.82, 2.24) is 0 Å². The van der Waals surface area contributed by atoms with Crippen LogP contribution in [0.1, 0.15) is 12.5 Å². The van der Waals surface area contributed by atoms with Gasteiger partial charge in [-0.15, -0.1) is 0 Å². The van der Waals surface area contributed by atoms with Gasteiger partial charge >= 0.3 is 17.2 Å². The van der Waals surface area contributed by atoms with Crippen molar-refractivity contribution in [1.29, 1.82) is 0 Å². The van der Waals surface area contributed by atoms with Gasteiger partial charge in [0.05, 0.1) is 0 Å². The van der Waals surface area contributed by atoms with Crippen LogP contribution in [0.4, 0.5) is 0 Å². The lowest BCUT2D eigenvalue weighted by molar-refractivity contribution is -0.141. The second kappa shape index (κ2) is 8.95. The lowest BCUT2D eigenvalue weighted by atomic mass is 10.0. The van der Waals surface area contributed by atoms with E-state index in [2.05, 4.69) is 0 Å². The minimum Gasteiger partial charge on any atom is -0.479 e. The van der Waals surface area contributed by atoms with Crippen LogP contribution < -0.4 is 20.7 Å². The highest BCUT2D eigenvalue weighted by Crippen LogP contribution is 2.30. The summed E-state index contributed by atoms with van der Waals surface area (Å²) in [6.45, 7) is 3.36. The Morgan fingerprint density at radius 2 is 1.40 bits per heavy atom. The van der Waals surface area contributed by atoms with Gasteiger partial charge in [-0.05, 0) is 54.8 Å². The number of hydrogen-bond acceptors (Lipinski definition) is 7. The fourth-order valence-electron chi connectivity index (χ4n) is 3.89. The summed E-state index contributed by atoms with van der Waals surface area (Å²) in [6.07, 6.45) is -0.956. The summed E-state index contributed by atoms with van der Waals surface area (Å²) in [4.78, 5) is 36.5. The molecule has 7 nitrogen and oxygen atoms in total. The average Bonchev–Trinajstić information content (AvgIpc) is 2.83. The normalized spacial score (nSPS) is 11.9. The summed E-state index contributed by atoms with van der Waals surface area (Å²) in [5, 5.41) is 1.49. The molecule has 3 aromatic carbocycles. The molecule has 35 heavy (non-hydrogen) atoms. The van der Waals surface area contributed by atoms with Crippen molar-refractivity contribution in [3.8, 4) is 22.6 Å². The Hall–Kier alpha value is -4.65. The molecule has 0 aliphatic carbocycles. The first-order valence-corrected chi connectivity index (χ1v) is 10.9. The molecule has 5 aromatic rings. The number of benzene rings is 3. The van der Waals surface area contributed by atoms with E-state index in [4.69, 9.17) is 18.3 Å². The number of carbonyl (C=O) groups is 1. The first-order valence-electron chi connectivity index (χ1n) is 10.9. The molecule has 0 saturated heterocycles. The van der Waals surface area contributed by atoms with Gasteiger partial charge in [0.25, 0.3) is 0 Å². The van der Waals surface area contributed by atoms with E-state index in [0.29, 0.717) is 22.3 Å². The summed E-state index contributed by atoms with van der Waals surface area (Å²) in [6, 6.07) is 22.2. The average molecular weight is 468 g/mol. The van der Waals surface area contributed by atoms with Crippen molar-refractivity contribution in [2.75, 3.05) is 0 Å². The van der Waals surface area contributed by atoms with Gasteiger partial charge in [0.2, 0.25) is 0 Å². The number of esters is 1. The first kappa shape index (κ1) is 22.2. The van der Waals surface area contributed by atoms with Gasteiger partial charge in [-0.25, -0.2) is 14.4 Å². The van der Waals surface area contributed by atoms with Crippen molar-refractivity contribution in [3.63, 3.8) is 0 Å².